The Morgan fingerprint density at radius 1 is 1.42 bits per heavy atom. The number of amides is 1. The summed E-state index contributed by atoms with van der Waals surface area (Å²) >= 11 is 0. The second-order valence-electron chi connectivity index (χ2n) is 6.42. The first-order chi connectivity index (χ1) is 11.7. The molecular weight excluding hydrogens is 302 g/mol. The number of nitrogens with one attached hydrogen (secondary N) is 1. The number of nitrogens with zero attached hydrogens (tertiary/aromatic N) is 2. The molecule has 24 heavy (non-hydrogen) atoms. The Morgan fingerprint density at radius 2 is 2.25 bits per heavy atom. The molecule has 5 nitrogen and oxygen atoms in total. The first kappa shape index (κ1) is 16.6. The number of benzene rings is 1. The van der Waals surface area contributed by atoms with E-state index < -0.39 is 0 Å². The molecule has 3 rings (SSSR count). The van der Waals surface area contributed by atoms with Crippen molar-refractivity contribution in [2.75, 3.05) is 13.2 Å². The number of hydrogen-bond acceptors (Lipinski definition) is 3. The molecule has 0 radical (unpaired) electrons. The molecule has 1 aromatic carbocycles. The molecule has 2 heterocycles. The van der Waals surface area contributed by atoms with Gasteiger partial charge in [0.05, 0.1) is 12.3 Å². The molecule has 1 aliphatic rings. The first-order valence-electron chi connectivity index (χ1n) is 8.69. The van der Waals surface area contributed by atoms with Crippen molar-refractivity contribution in [3.8, 4) is 5.75 Å². The van der Waals surface area contributed by atoms with Gasteiger partial charge < -0.3 is 10.1 Å². The number of aromatic nitrogens is 2. The first-order valence-corrected chi connectivity index (χ1v) is 8.69. The van der Waals surface area contributed by atoms with Crippen molar-refractivity contribution < 1.29 is 9.53 Å². The Kier molecular flexibility index (Phi) is 5.18. The molecule has 128 valence electrons. The van der Waals surface area contributed by atoms with E-state index in [1.165, 1.54) is 5.56 Å². The molecule has 2 aromatic rings. The lowest BCUT2D eigenvalue weighted by Gasteiger charge is -2.14. The van der Waals surface area contributed by atoms with E-state index in [-0.39, 0.29) is 5.91 Å². The highest BCUT2D eigenvalue weighted by Gasteiger charge is 2.19. The molecule has 1 amide bonds. The summed E-state index contributed by atoms with van der Waals surface area (Å²) in [6.45, 7) is 3.47. The van der Waals surface area contributed by atoms with Crippen LogP contribution < -0.4 is 10.1 Å². The molecule has 1 unspecified atom stereocenters. The van der Waals surface area contributed by atoms with Gasteiger partial charge in [0, 0.05) is 13.6 Å². The van der Waals surface area contributed by atoms with Crippen LogP contribution in [0, 0.1) is 5.92 Å². The number of para-hydroxylation sites is 1. The Bertz CT molecular complexity index is 708. The number of aryl methyl sites for hydroxylation is 2. The molecule has 1 N–H and O–H groups in total. The molecule has 0 saturated carbocycles. The average Bonchev–Trinajstić information content (AvgIpc) is 2.81. The highest BCUT2D eigenvalue weighted by molar-refractivity contribution is 5.92. The van der Waals surface area contributed by atoms with E-state index in [1.54, 1.807) is 4.68 Å². The normalized spacial score (nSPS) is 16.8. The van der Waals surface area contributed by atoms with Gasteiger partial charge in [-0.15, -0.1) is 0 Å². The summed E-state index contributed by atoms with van der Waals surface area (Å²) in [5, 5.41) is 7.46. The molecule has 0 spiro atoms. The molecule has 0 fully saturated rings. The number of fused-ring (bicyclic) bond motifs is 1. The lowest BCUT2D eigenvalue weighted by molar-refractivity contribution is 0.0936. The third-order valence-electron chi connectivity index (χ3n) is 4.49. The average molecular weight is 327 g/mol. The van der Waals surface area contributed by atoms with Crippen molar-refractivity contribution in [2.24, 2.45) is 13.0 Å². The van der Waals surface area contributed by atoms with E-state index in [9.17, 15) is 4.79 Å². The quantitative estimate of drug-likeness (QED) is 0.919. The Labute approximate surface area is 143 Å². The molecule has 1 atom stereocenters. The van der Waals surface area contributed by atoms with Crippen molar-refractivity contribution in [1.82, 2.24) is 15.1 Å². The van der Waals surface area contributed by atoms with E-state index >= 15 is 0 Å². The van der Waals surface area contributed by atoms with Crippen LogP contribution >= 0.6 is 0 Å². The van der Waals surface area contributed by atoms with Gasteiger partial charge in [-0.2, -0.15) is 5.10 Å². The van der Waals surface area contributed by atoms with Crippen LogP contribution in [0.2, 0.25) is 0 Å². The van der Waals surface area contributed by atoms with Gasteiger partial charge in [-0.3, -0.25) is 9.48 Å². The van der Waals surface area contributed by atoms with Gasteiger partial charge in [-0.05, 0) is 42.9 Å². The zero-order valence-electron chi connectivity index (χ0n) is 14.4. The van der Waals surface area contributed by atoms with Gasteiger partial charge in [-0.1, -0.05) is 31.5 Å². The zero-order valence-corrected chi connectivity index (χ0v) is 14.4. The molecule has 0 saturated heterocycles. The van der Waals surface area contributed by atoms with Crippen LogP contribution in [0.5, 0.6) is 5.75 Å². The van der Waals surface area contributed by atoms with Crippen molar-refractivity contribution in [1.29, 1.82) is 0 Å². The SMILES string of the molecule is CCCc1cc(C(=O)NCC2CCOc3ccccc3C2)n(C)n1. The Hall–Kier alpha value is -2.30. The maximum atomic E-state index is 12.5. The monoisotopic (exact) mass is 327 g/mol. The maximum absolute atomic E-state index is 12.5. The van der Waals surface area contributed by atoms with Crippen molar-refractivity contribution in [2.45, 2.75) is 32.6 Å². The zero-order chi connectivity index (χ0) is 16.9. The van der Waals surface area contributed by atoms with Crippen LogP contribution in [0.1, 0.15) is 41.5 Å². The Morgan fingerprint density at radius 3 is 3.08 bits per heavy atom. The van der Waals surface area contributed by atoms with E-state index in [1.807, 2.05) is 31.3 Å². The maximum Gasteiger partial charge on any atom is 0.269 e. The highest BCUT2D eigenvalue weighted by atomic mass is 16.5. The van der Waals surface area contributed by atoms with Gasteiger partial charge in [-0.25, -0.2) is 0 Å². The minimum atomic E-state index is -0.0502. The number of ether oxygens (including phenoxy) is 1. The largest absolute Gasteiger partial charge is 0.493 e. The van der Waals surface area contributed by atoms with Gasteiger partial charge in [0.2, 0.25) is 0 Å². The standard InChI is InChI=1S/C19H25N3O2/c1-3-6-16-12-17(22(2)21-16)19(23)20-13-14-9-10-24-18-8-5-4-7-15(18)11-14/h4-5,7-8,12,14H,3,6,9-11,13H2,1-2H3,(H,20,23). The molecule has 0 aliphatic carbocycles. The Balaban J connectivity index is 1.60. The lowest BCUT2D eigenvalue weighted by Crippen LogP contribution is -2.31. The summed E-state index contributed by atoms with van der Waals surface area (Å²) in [7, 11) is 1.82. The van der Waals surface area contributed by atoms with Crippen LogP contribution in [-0.2, 0) is 19.9 Å². The molecule has 5 heteroatoms. The summed E-state index contributed by atoms with van der Waals surface area (Å²) in [6, 6.07) is 10.0. The van der Waals surface area contributed by atoms with Gasteiger partial charge in [0.25, 0.3) is 5.91 Å². The van der Waals surface area contributed by atoms with E-state index in [0.717, 1.165) is 37.1 Å². The predicted octanol–water partition coefficient (Wildman–Crippen LogP) is 2.74. The van der Waals surface area contributed by atoms with Crippen molar-refractivity contribution in [3.63, 3.8) is 0 Å². The molecule has 1 aromatic heterocycles. The summed E-state index contributed by atoms with van der Waals surface area (Å²) in [6.07, 6.45) is 3.81. The fourth-order valence-corrected chi connectivity index (χ4v) is 3.18. The third-order valence-corrected chi connectivity index (χ3v) is 4.49. The number of carbonyl (C=O) groups excluding carboxylic acids is 1. The molecule has 1 aliphatic heterocycles. The minimum Gasteiger partial charge on any atom is -0.493 e. The number of rotatable bonds is 5. The van der Waals surface area contributed by atoms with Crippen LogP contribution in [0.15, 0.2) is 30.3 Å². The molecular formula is C19H25N3O2. The summed E-state index contributed by atoms with van der Waals surface area (Å²) in [4.78, 5) is 12.5. The fraction of sp³-hybridized carbons (Fsp3) is 0.474. The second kappa shape index (κ2) is 7.51. The molecule has 0 bridgehead atoms. The van der Waals surface area contributed by atoms with Crippen LogP contribution in [-0.4, -0.2) is 28.8 Å². The summed E-state index contributed by atoms with van der Waals surface area (Å²) in [5.74, 6) is 1.31. The number of carbonyl (C=O) groups is 1. The highest BCUT2D eigenvalue weighted by Crippen LogP contribution is 2.26. The topological polar surface area (TPSA) is 56.1 Å². The van der Waals surface area contributed by atoms with Gasteiger partial charge in [0.15, 0.2) is 0 Å². The van der Waals surface area contributed by atoms with Crippen LogP contribution in [0.3, 0.4) is 0 Å². The van der Waals surface area contributed by atoms with Crippen molar-refractivity contribution in [3.05, 3.63) is 47.3 Å². The lowest BCUT2D eigenvalue weighted by atomic mass is 9.97. The van der Waals surface area contributed by atoms with Crippen molar-refractivity contribution >= 4 is 5.91 Å². The summed E-state index contributed by atoms with van der Waals surface area (Å²) < 4.78 is 7.47. The predicted molar refractivity (Wildman–Crippen MR) is 93.3 cm³/mol. The minimum absolute atomic E-state index is 0.0502. The van der Waals surface area contributed by atoms with Crippen LogP contribution in [0.4, 0.5) is 0 Å². The summed E-state index contributed by atoms with van der Waals surface area (Å²) in [5.41, 5.74) is 2.82. The number of hydrogen-bond donors (Lipinski definition) is 1. The van der Waals surface area contributed by atoms with E-state index in [0.29, 0.717) is 24.8 Å². The van der Waals surface area contributed by atoms with E-state index in [4.69, 9.17) is 4.74 Å². The fourth-order valence-electron chi connectivity index (χ4n) is 3.18. The second-order valence-corrected chi connectivity index (χ2v) is 6.42. The van der Waals surface area contributed by atoms with Gasteiger partial charge >= 0.3 is 0 Å². The smallest absolute Gasteiger partial charge is 0.269 e. The van der Waals surface area contributed by atoms with Crippen LogP contribution in [0.25, 0.3) is 0 Å². The van der Waals surface area contributed by atoms with E-state index in [2.05, 4.69) is 23.4 Å². The van der Waals surface area contributed by atoms with Gasteiger partial charge in [0.1, 0.15) is 11.4 Å². The third kappa shape index (κ3) is 3.78.